The maximum atomic E-state index is 13.0. The van der Waals surface area contributed by atoms with E-state index >= 15 is 0 Å². The van der Waals surface area contributed by atoms with Crippen molar-refractivity contribution in [1.82, 2.24) is 20.4 Å². The second kappa shape index (κ2) is 11.8. The molecule has 0 saturated carbocycles. The molecule has 1 aliphatic rings. The molecule has 1 N–H and O–H groups in total. The Hall–Kier alpha value is -2.99. The Labute approximate surface area is 215 Å². The summed E-state index contributed by atoms with van der Waals surface area (Å²) in [6.07, 6.45) is 3.96. The largest absolute Gasteiger partial charge is 0.356 e. The van der Waals surface area contributed by atoms with E-state index in [-0.39, 0.29) is 17.2 Å². The zero-order valence-electron chi connectivity index (χ0n) is 22.2. The molecule has 4 rings (SSSR count). The normalized spacial score (nSPS) is 17.6. The lowest BCUT2D eigenvalue weighted by Gasteiger charge is -2.31. The standard InChI is InChI=1S/C30H40N4O2/c1-5-22(18-23-10-7-6-8-11-23)19-31-29(35)25-12-9-17-34(20-25)21-27-32-28(33-36-27)24-13-15-26(16-14-24)30(2,3)4/h6-8,10-11,13-16,22,25H,5,9,12,17-21H2,1-4H3,(H,31,35). The predicted octanol–water partition coefficient (Wildman–Crippen LogP) is 5.63. The van der Waals surface area contributed by atoms with E-state index in [1.54, 1.807) is 0 Å². The lowest BCUT2D eigenvalue weighted by atomic mass is 9.87. The molecule has 1 aromatic heterocycles. The van der Waals surface area contributed by atoms with Crippen LogP contribution in [0.4, 0.5) is 0 Å². The van der Waals surface area contributed by atoms with Crippen LogP contribution in [0.5, 0.6) is 0 Å². The summed E-state index contributed by atoms with van der Waals surface area (Å²) in [5.74, 6) is 1.82. The molecule has 1 saturated heterocycles. The van der Waals surface area contributed by atoms with Crippen molar-refractivity contribution in [2.75, 3.05) is 19.6 Å². The van der Waals surface area contributed by atoms with Crippen molar-refractivity contribution in [3.05, 3.63) is 71.6 Å². The molecule has 3 aromatic rings. The molecule has 0 bridgehead atoms. The number of hydrogen-bond donors (Lipinski definition) is 1. The molecule has 2 aromatic carbocycles. The summed E-state index contributed by atoms with van der Waals surface area (Å²) in [5, 5.41) is 7.43. The number of likely N-dealkylation sites (tertiary alicyclic amines) is 1. The minimum Gasteiger partial charge on any atom is -0.356 e. The first-order valence-electron chi connectivity index (χ1n) is 13.3. The van der Waals surface area contributed by atoms with E-state index < -0.39 is 0 Å². The highest BCUT2D eigenvalue weighted by Gasteiger charge is 2.27. The summed E-state index contributed by atoms with van der Waals surface area (Å²) in [6.45, 7) is 11.8. The minimum absolute atomic E-state index is 0.000292. The zero-order valence-corrected chi connectivity index (χ0v) is 22.2. The molecule has 1 aliphatic heterocycles. The number of nitrogens with zero attached hydrogens (tertiary/aromatic N) is 3. The molecule has 192 valence electrons. The first-order valence-corrected chi connectivity index (χ1v) is 13.3. The fraction of sp³-hybridized carbons (Fsp3) is 0.500. The van der Waals surface area contributed by atoms with Gasteiger partial charge in [-0.25, -0.2) is 0 Å². The van der Waals surface area contributed by atoms with Gasteiger partial charge in [-0.2, -0.15) is 4.98 Å². The van der Waals surface area contributed by atoms with Crippen molar-refractivity contribution in [2.45, 2.75) is 65.3 Å². The third kappa shape index (κ3) is 7.03. The van der Waals surface area contributed by atoms with Crippen LogP contribution in [-0.4, -0.2) is 40.6 Å². The molecule has 2 unspecified atom stereocenters. The molecule has 6 heteroatoms. The second-order valence-electron chi connectivity index (χ2n) is 11.1. The molecule has 36 heavy (non-hydrogen) atoms. The Morgan fingerprint density at radius 2 is 1.89 bits per heavy atom. The molecule has 0 spiro atoms. The molecule has 0 radical (unpaired) electrons. The number of carbonyl (C=O) groups is 1. The van der Waals surface area contributed by atoms with Crippen molar-refractivity contribution in [1.29, 1.82) is 0 Å². The van der Waals surface area contributed by atoms with Crippen molar-refractivity contribution < 1.29 is 9.32 Å². The van der Waals surface area contributed by atoms with E-state index in [0.717, 1.165) is 50.9 Å². The van der Waals surface area contributed by atoms with Gasteiger partial charge < -0.3 is 9.84 Å². The SMILES string of the molecule is CCC(CNC(=O)C1CCCN(Cc2nc(-c3ccc(C(C)(C)C)cc3)no2)C1)Cc1ccccc1. The lowest BCUT2D eigenvalue weighted by Crippen LogP contribution is -2.43. The number of piperidine rings is 1. The van der Waals surface area contributed by atoms with Gasteiger partial charge in [0.2, 0.25) is 17.6 Å². The van der Waals surface area contributed by atoms with E-state index in [1.165, 1.54) is 11.1 Å². The van der Waals surface area contributed by atoms with Crippen LogP contribution in [-0.2, 0) is 23.2 Å². The van der Waals surface area contributed by atoms with Crippen molar-refractivity contribution >= 4 is 5.91 Å². The van der Waals surface area contributed by atoms with E-state index in [1.807, 2.05) is 6.07 Å². The second-order valence-corrected chi connectivity index (χ2v) is 11.1. The van der Waals surface area contributed by atoms with E-state index in [0.29, 0.717) is 24.2 Å². The smallest absolute Gasteiger partial charge is 0.241 e. The molecule has 2 heterocycles. The van der Waals surface area contributed by atoms with Gasteiger partial charge in [0.15, 0.2) is 0 Å². The summed E-state index contributed by atoms with van der Waals surface area (Å²) < 4.78 is 5.56. The fourth-order valence-corrected chi connectivity index (χ4v) is 4.86. The van der Waals surface area contributed by atoms with Crippen LogP contribution in [0.25, 0.3) is 11.4 Å². The van der Waals surface area contributed by atoms with Gasteiger partial charge in [0.25, 0.3) is 0 Å². The highest BCUT2D eigenvalue weighted by atomic mass is 16.5. The van der Waals surface area contributed by atoms with Gasteiger partial charge in [-0.3, -0.25) is 9.69 Å². The monoisotopic (exact) mass is 488 g/mol. The summed E-state index contributed by atoms with van der Waals surface area (Å²) in [4.78, 5) is 19.9. The first kappa shape index (κ1) is 26.1. The van der Waals surface area contributed by atoms with Crippen molar-refractivity contribution in [2.24, 2.45) is 11.8 Å². The number of aromatic nitrogens is 2. The summed E-state index contributed by atoms with van der Waals surface area (Å²) in [7, 11) is 0. The Balaban J connectivity index is 1.28. The van der Waals surface area contributed by atoms with E-state index in [2.05, 4.69) is 96.6 Å². The maximum Gasteiger partial charge on any atom is 0.241 e. The van der Waals surface area contributed by atoms with Crippen LogP contribution in [0, 0.1) is 11.8 Å². The zero-order chi connectivity index (χ0) is 25.5. The third-order valence-corrected chi connectivity index (χ3v) is 7.22. The molecular formula is C30H40N4O2. The highest BCUT2D eigenvalue weighted by molar-refractivity contribution is 5.79. The molecule has 0 aliphatic carbocycles. The molecular weight excluding hydrogens is 448 g/mol. The van der Waals surface area contributed by atoms with Crippen LogP contribution >= 0.6 is 0 Å². The first-order chi connectivity index (χ1) is 17.3. The number of hydrogen-bond acceptors (Lipinski definition) is 5. The number of nitrogens with one attached hydrogen (secondary N) is 1. The van der Waals surface area contributed by atoms with Gasteiger partial charge >= 0.3 is 0 Å². The maximum absolute atomic E-state index is 13.0. The molecule has 6 nitrogen and oxygen atoms in total. The molecule has 1 fully saturated rings. The highest BCUT2D eigenvalue weighted by Crippen LogP contribution is 2.25. The molecule has 2 atom stereocenters. The number of rotatable bonds is 9. The van der Waals surface area contributed by atoms with Gasteiger partial charge in [-0.05, 0) is 48.3 Å². The van der Waals surface area contributed by atoms with Gasteiger partial charge in [0, 0.05) is 18.7 Å². The average Bonchev–Trinajstić information content (AvgIpc) is 3.35. The number of amides is 1. The van der Waals surface area contributed by atoms with Gasteiger partial charge in [-0.1, -0.05) is 93.9 Å². The van der Waals surface area contributed by atoms with Crippen molar-refractivity contribution in [3.8, 4) is 11.4 Å². The molecule has 1 amide bonds. The quantitative estimate of drug-likeness (QED) is 0.423. The summed E-state index contributed by atoms with van der Waals surface area (Å²) in [6, 6.07) is 18.9. The van der Waals surface area contributed by atoms with E-state index in [4.69, 9.17) is 4.52 Å². The minimum atomic E-state index is 0.000292. The van der Waals surface area contributed by atoms with Gasteiger partial charge in [0.1, 0.15) is 0 Å². The van der Waals surface area contributed by atoms with Crippen LogP contribution in [0.15, 0.2) is 59.1 Å². The Bertz CT molecular complexity index is 1100. The summed E-state index contributed by atoms with van der Waals surface area (Å²) >= 11 is 0. The predicted molar refractivity (Wildman–Crippen MR) is 143 cm³/mol. The Morgan fingerprint density at radius 1 is 1.14 bits per heavy atom. The van der Waals surface area contributed by atoms with Crippen LogP contribution < -0.4 is 5.32 Å². The van der Waals surface area contributed by atoms with Crippen LogP contribution in [0.2, 0.25) is 0 Å². The van der Waals surface area contributed by atoms with Gasteiger partial charge in [0.05, 0.1) is 12.5 Å². The number of benzene rings is 2. The average molecular weight is 489 g/mol. The van der Waals surface area contributed by atoms with Crippen LogP contribution in [0.3, 0.4) is 0 Å². The van der Waals surface area contributed by atoms with Crippen LogP contribution in [0.1, 0.15) is 64.0 Å². The third-order valence-electron chi connectivity index (χ3n) is 7.22. The van der Waals surface area contributed by atoms with E-state index in [9.17, 15) is 4.79 Å². The van der Waals surface area contributed by atoms with Gasteiger partial charge in [-0.15, -0.1) is 0 Å². The Morgan fingerprint density at radius 3 is 2.58 bits per heavy atom. The fourth-order valence-electron chi connectivity index (χ4n) is 4.86. The van der Waals surface area contributed by atoms with Crippen molar-refractivity contribution in [3.63, 3.8) is 0 Å². The lowest BCUT2D eigenvalue weighted by molar-refractivity contribution is -0.127. The number of carbonyl (C=O) groups excluding carboxylic acids is 1. The Kier molecular flexibility index (Phi) is 8.57. The summed E-state index contributed by atoms with van der Waals surface area (Å²) in [5.41, 5.74) is 3.66. The topological polar surface area (TPSA) is 71.3 Å².